The smallest absolute Gasteiger partial charge is 0.416 e. The molecule has 0 bridgehead atoms. The van der Waals surface area contributed by atoms with Crippen LogP contribution in [-0.2, 0) is 22.2 Å². The number of hydrogen-bond acceptors (Lipinski definition) is 4. The van der Waals surface area contributed by atoms with Crippen LogP contribution in [0.15, 0.2) is 48.5 Å². The van der Waals surface area contributed by atoms with E-state index in [0.29, 0.717) is 12.0 Å². The fraction of sp³-hybridized carbons (Fsp3) is 0.444. The lowest BCUT2D eigenvalue weighted by molar-refractivity contribution is -0.138. The standard InChI is InChI=1S/C27H30F3N3O4/c28-27(29,30)21-3-1-2-20(13-21)26(37)31-14-24(34)32-22-15-33(16-22)23-10-8-19(9-11-23)18-6-4-17(5-7-18)12-25(35)36/h1-7,13,19,22-23H,8-12,14-16H2,(H,31,37)(H,32,34)(H,35,36)/t19-,23+. The second-order valence-electron chi connectivity index (χ2n) is 9.80. The fourth-order valence-corrected chi connectivity index (χ4v) is 5.14. The van der Waals surface area contributed by atoms with Crippen molar-refractivity contribution in [2.24, 2.45) is 0 Å². The molecule has 1 saturated heterocycles. The minimum Gasteiger partial charge on any atom is -0.481 e. The van der Waals surface area contributed by atoms with E-state index in [2.05, 4.69) is 15.5 Å². The number of nitrogens with zero attached hydrogens (tertiary/aromatic N) is 1. The van der Waals surface area contributed by atoms with Gasteiger partial charge in [0, 0.05) is 24.7 Å². The van der Waals surface area contributed by atoms with Gasteiger partial charge in [-0.15, -0.1) is 0 Å². The highest BCUT2D eigenvalue weighted by molar-refractivity contribution is 5.96. The molecular weight excluding hydrogens is 487 g/mol. The van der Waals surface area contributed by atoms with Gasteiger partial charge in [0.2, 0.25) is 5.91 Å². The fourth-order valence-electron chi connectivity index (χ4n) is 5.14. The number of aliphatic carboxylic acids is 1. The molecule has 4 rings (SSSR count). The summed E-state index contributed by atoms with van der Waals surface area (Å²) >= 11 is 0. The maximum Gasteiger partial charge on any atom is 0.416 e. The Kier molecular flexibility index (Phi) is 8.16. The number of carboxylic acid groups (broad SMARTS) is 1. The molecule has 1 heterocycles. The van der Waals surface area contributed by atoms with Gasteiger partial charge in [-0.3, -0.25) is 19.3 Å². The Labute approximate surface area is 213 Å². The highest BCUT2D eigenvalue weighted by atomic mass is 19.4. The SMILES string of the molecule is O=C(O)Cc1ccc([C@H]2CC[C@@H](N3CC(NC(=O)CNC(=O)c4cccc(C(F)(F)F)c4)C3)CC2)cc1. The number of likely N-dealkylation sites (tertiary alicyclic amines) is 1. The maximum absolute atomic E-state index is 12.8. The van der Waals surface area contributed by atoms with E-state index in [0.717, 1.165) is 62.5 Å². The second-order valence-corrected chi connectivity index (χ2v) is 9.80. The van der Waals surface area contributed by atoms with Crippen molar-refractivity contribution < 1.29 is 32.7 Å². The predicted molar refractivity (Wildman–Crippen MR) is 130 cm³/mol. The molecule has 1 saturated carbocycles. The van der Waals surface area contributed by atoms with E-state index in [1.165, 1.54) is 11.6 Å². The van der Waals surface area contributed by atoms with Crippen LogP contribution in [0.3, 0.4) is 0 Å². The van der Waals surface area contributed by atoms with Gasteiger partial charge < -0.3 is 15.7 Å². The molecule has 10 heteroatoms. The molecular formula is C27H30F3N3O4. The monoisotopic (exact) mass is 517 g/mol. The van der Waals surface area contributed by atoms with E-state index in [1.807, 2.05) is 24.3 Å². The predicted octanol–water partition coefficient (Wildman–Crippen LogP) is 3.59. The van der Waals surface area contributed by atoms with Crippen molar-refractivity contribution in [1.29, 1.82) is 0 Å². The Balaban J connectivity index is 1.15. The van der Waals surface area contributed by atoms with Gasteiger partial charge in [0.05, 0.1) is 24.6 Å². The molecule has 0 aromatic heterocycles. The zero-order valence-corrected chi connectivity index (χ0v) is 20.3. The van der Waals surface area contributed by atoms with Crippen LogP contribution in [-0.4, -0.2) is 59.5 Å². The summed E-state index contributed by atoms with van der Waals surface area (Å²) in [6, 6.07) is 12.4. The molecule has 0 spiro atoms. The molecule has 1 aliphatic heterocycles. The van der Waals surface area contributed by atoms with Gasteiger partial charge in [0.1, 0.15) is 0 Å². The highest BCUT2D eigenvalue weighted by Gasteiger charge is 2.35. The lowest BCUT2D eigenvalue weighted by atomic mass is 9.80. The molecule has 1 aliphatic carbocycles. The summed E-state index contributed by atoms with van der Waals surface area (Å²) in [7, 11) is 0. The van der Waals surface area contributed by atoms with Crippen LogP contribution in [0.2, 0.25) is 0 Å². The molecule has 37 heavy (non-hydrogen) atoms. The van der Waals surface area contributed by atoms with Crippen molar-refractivity contribution >= 4 is 17.8 Å². The van der Waals surface area contributed by atoms with E-state index in [9.17, 15) is 27.6 Å². The Hall–Kier alpha value is -3.40. The first-order chi connectivity index (χ1) is 17.6. The number of hydrogen-bond donors (Lipinski definition) is 3. The van der Waals surface area contributed by atoms with E-state index in [-0.39, 0.29) is 30.5 Å². The van der Waals surface area contributed by atoms with Gasteiger partial charge in [-0.2, -0.15) is 13.2 Å². The largest absolute Gasteiger partial charge is 0.481 e. The first-order valence-electron chi connectivity index (χ1n) is 12.4. The second kappa shape index (κ2) is 11.3. The number of benzene rings is 2. The van der Waals surface area contributed by atoms with Crippen LogP contribution in [0.25, 0.3) is 0 Å². The average Bonchev–Trinajstić information content (AvgIpc) is 2.84. The molecule has 198 valence electrons. The van der Waals surface area contributed by atoms with Crippen LogP contribution in [0.4, 0.5) is 13.2 Å². The molecule has 0 unspecified atom stereocenters. The normalized spacial score (nSPS) is 20.6. The van der Waals surface area contributed by atoms with Crippen molar-refractivity contribution in [1.82, 2.24) is 15.5 Å². The Morgan fingerprint density at radius 1 is 0.973 bits per heavy atom. The van der Waals surface area contributed by atoms with Crippen molar-refractivity contribution in [3.05, 3.63) is 70.8 Å². The van der Waals surface area contributed by atoms with Gasteiger partial charge in [-0.05, 0) is 60.9 Å². The zero-order valence-electron chi connectivity index (χ0n) is 20.3. The lowest BCUT2D eigenvalue weighted by Crippen LogP contribution is -2.63. The molecule has 0 radical (unpaired) electrons. The summed E-state index contributed by atoms with van der Waals surface area (Å²) in [5.41, 5.74) is 0.980. The quantitative estimate of drug-likeness (QED) is 0.497. The summed E-state index contributed by atoms with van der Waals surface area (Å²) in [6.45, 7) is 1.15. The van der Waals surface area contributed by atoms with Crippen molar-refractivity contribution in [3.63, 3.8) is 0 Å². The number of halogens is 3. The van der Waals surface area contributed by atoms with Crippen molar-refractivity contribution in [3.8, 4) is 0 Å². The zero-order chi connectivity index (χ0) is 26.6. The minimum atomic E-state index is -4.54. The molecule has 7 nitrogen and oxygen atoms in total. The Bertz CT molecular complexity index is 1120. The number of carbonyl (C=O) groups excluding carboxylic acids is 2. The lowest BCUT2D eigenvalue weighted by Gasteiger charge is -2.46. The van der Waals surface area contributed by atoms with Crippen LogP contribution in [0, 0.1) is 0 Å². The third-order valence-electron chi connectivity index (χ3n) is 7.16. The van der Waals surface area contributed by atoms with Gasteiger partial charge >= 0.3 is 12.1 Å². The maximum atomic E-state index is 12.8. The molecule has 2 aromatic carbocycles. The topological polar surface area (TPSA) is 98.7 Å². The number of carbonyl (C=O) groups is 3. The van der Waals surface area contributed by atoms with Gasteiger partial charge in [-0.1, -0.05) is 30.3 Å². The van der Waals surface area contributed by atoms with E-state index >= 15 is 0 Å². The average molecular weight is 518 g/mol. The van der Waals surface area contributed by atoms with Crippen LogP contribution >= 0.6 is 0 Å². The molecule has 3 N–H and O–H groups in total. The third kappa shape index (κ3) is 7.09. The van der Waals surface area contributed by atoms with Gasteiger partial charge in [0.25, 0.3) is 5.91 Å². The van der Waals surface area contributed by atoms with Crippen LogP contribution in [0.5, 0.6) is 0 Å². The summed E-state index contributed by atoms with van der Waals surface area (Å²) in [5.74, 6) is -1.48. The Morgan fingerprint density at radius 2 is 1.65 bits per heavy atom. The molecule has 2 fully saturated rings. The molecule has 2 amide bonds. The van der Waals surface area contributed by atoms with Gasteiger partial charge in [-0.25, -0.2) is 0 Å². The number of alkyl halides is 3. The Morgan fingerprint density at radius 3 is 2.27 bits per heavy atom. The highest BCUT2D eigenvalue weighted by Crippen LogP contribution is 2.36. The first-order valence-corrected chi connectivity index (χ1v) is 12.4. The minimum absolute atomic E-state index is 0.0162. The number of carboxylic acids is 1. The van der Waals surface area contributed by atoms with Gasteiger partial charge in [0.15, 0.2) is 0 Å². The van der Waals surface area contributed by atoms with Crippen molar-refractivity contribution in [2.45, 2.75) is 56.3 Å². The van der Waals surface area contributed by atoms with Crippen LogP contribution in [0.1, 0.15) is 58.6 Å². The molecule has 0 atom stereocenters. The van der Waals surface area contributed by atoms with Crippen LogP contribution < -0.4 is 10.6 Å². The number of amides is 2. The molecule has 2 aromatic rings. The summed E-state index contributed by atoms with van der Waals surface area (Å²) in [5, 5.41) is 14.2. The van der Waals surface area contributed by atoms with Crippen molar-refractivity contribution in [2.75, 3.05) is 19.6 Å². The first kappa shape index (κ1) is 26.7. The summed E-state index contributed by atoms with van der Waals surface area (Å²) in [6.07, 6.45) is -0.305. The third-order valence-corrected chi connectivity index (χ3v) is 7.16. The van der Waals surface area contributed by atoms with E-state index in [4.69, 9.17) is 5.11 Å². The van der Waals surface area contributed by atoms with E-state index in [1.54, 1.807) is 0 Å². The summed E-state index contributed by atoms with van der Waals surface area (Å²) in [4.78, 5) is 37.6. The van der Waals surface area contributed by atoms with E-state index < -0.39 is 23.6 Å². The number of rotatable bonds is 8. The number of nitrogens with one attached hydrogen (secondary N) is 2. The summed E-state index contributed by atoms with van der Waals surface area (Å²) < 4.78 is 38.5. The molecule has 2 aliphatic rings.